The molecule has 1 aromatic rings. The maximum atomic E-state index is 13.6. The van der Waals surface area contributed by atoms with Gasteiger partial charge in [0.05, 0.1) is 25.9 Å². The third kappa shape index (κ3) is 4.42. The Kier molecular flexibility index (Phi) is 7.38. The molecule has 0 spiro atoms. The van der Waals surface area contributed by atoms with Crippen LogP contribution in [0.25, 0.3) is 0 Å². The summed E-state index contributed by atoms with van der Waals surface area (Å²) in [6.45, 7) is 8.32. The second kappa shape index (κ2) is 10.0. The molecule has 1 aliphatic carbocycles. The molecule has 0 fully saturated rings. The Morgan fingerprint density at radius 1 is 1.16 bits per heavy atom. The lowest BCUT2D eigenvalue weighted by Crippen LogP contribution is -2.43. The van der Waals surface area contributed by atoms with Gasteiger partial charge in [-0.3, -0.25) is 9.59 Å². The molecule has 7 nitrogen and oxygen atoms in total. The van der Waals surface area contributed by atoms with Crippen LogP contribution in [-0.4, -0.2) is 38.0 Å². The van der Waals surface area contributed by atoms with E-state index < -0.39 is 23.8 Å². The molecule has 0 saturated carbocycles. The van der Waals surface area contributed by atoms with Gasteiger partial charge in [0.1, 0.15) is 11.7 Å². The summed E-state index contributed by atoms with van der Waals surface area (Å²) in [5, 5.41) is 3.26. The molecule has 1 heterocycles. The lowest BCUT2D eigenvalue weighted by molar-refractivity contribution is -0.151. The second-order valence-electron chi connectivity index (χ2n) is 8.17. The van der Waals surface area contributed by atoms with Crippen LogP contribution in [0.5, 0.6) is 5.75 Å². The summed E-state index contributed by atoms with van der Waals surface area (Å²) in [6.07, 6.45) is 1.19. The van der Waals surface area contributed by atoms with Crippen molar-refractivity contribution in [1.29, 1.82) is 0 Å². The number of carbonyl (C=O) groups is 3. The number of hydrogen-bond donors (Lipinski definition) is 1. The summed E-state index contributed by atoms with van der Waals surface area (Å²) in [5.41, 5.74) is 2.97. The van der Waals surface area contributed by atoms with E-state index >= 15 is 0 Å². The highest BCUT2D eigenvalue weighted by atomic mass is 16.5. The van der Waals surface area contributed by atoms with Crippen molar-refractivity contribution in [3.63, 3.8) is 0 Å². The van der Waals surface area contributed by atoms with Crippen LogP contribution < -0.4 is 10.1 Å². The standard InChI is InChI=1S/C25H31NO6/c1-6-12-32-25(29)20-15(4)26-18-13-14(3)19(24(28)30-5)23(27)22(18)21(20)16-8-10-17(11-9-16)31-7-2/h8-11,14,19,21,26H,6-7,12-13H2,1-5H3/t14-,19+,21+/m0/s1. The van der Waals surface area contributed by atoms with Crippen molar-refractivity contribution < 1.29 is 28.6 Å². The lowest BCUT2D eigenvalue weighted by atomic mass is 9.69. The van der Waals surface area contributed by atoms with Crippen LogP contribution in [0.1, 0.15) is 52.0 Å². The van der Waals surface area contributed by atoms with Crippen LogP contribution in [0.3, 0.4) is 0 Å². The van der Waals surface area contributed by atoms with E-state index in [1.807, 2.05) is 52.0 Å². The molecule has 2 aliphatic rings. The second-order valence-corrected chi connectivity index (χ2v) is 8.17. The fourth-order valence-electron chi connectivity index (χ4n) is 4.48. The lowest BCUT2D eigenvalue weighted by Gasteiger charge is -2.38. The van der Waals surface area contributed by atoms with Crippen LogP contribution in [0.4, 0.5) is 0 Å². The smallest absolute Gasteiger partial charge is 0.336 e. The van der Waals surface area contributed by atoms with Gasteiger partial charge in [0.25, 0.3) is 0 Å². The van der Waals surface area contributed by atoms with Crippen molar-refractivity contribution in [2.24, 2.45) is 11.8 Å². The molecule has 1 aromatic carbocycles. The molecule has 0 aromatic heterocycles. The molecule has 0 unspecified atom stereocenters. The van der Waals surface area contributed by atoms with E-state index in [1.54, 1.807) is 0 Å². The van der Waals surface area contributed by atoms with E-state index in [9.17, 15) is 14.4 Å². The van der Waals surface area contributed by atoms with Crippen LogP contribution in [0.2, 0.25) is 0 Å². The summed E-state index contributed by atoms with van der Waals surface area (Å²) in [6, 6.07) is 7.34. The Balaban J connectivity index is 2.13. The molecule has 32 heavy (non-hydrogen) atoms. The molecule has 0 radical (unpaired) electrons. The zero-order chi connectivity index (χ0) is 23.4. The van der Waals surface area contributed by atoms with Gasteiger partial charge in [-0.05, 0) is 50.3 Å². The minimum absolute atomic E-state index is 0.219. The predicted molar refractivity (Wildman–Crippen MR) is 119 cm³/mol. The number of methoxy groups -OCH3 is 1. The van der Waals surface area contributed by atoms with Crippen LogP contribution >= 0.6 is 0 Å². The van der Waals surface area contributed by atoms with Crippen molar-refractivity contribution in [2.45, 2.75) is 46.5 Å². The molecular formula is C25H31NO6. The van der Waals surface area contributed by atoms with Gasteiger partial charge in [-0.15, -0.1) is 0 Å². The number of dihydropyridines is 1. The number of ether oxygens (including phenoxy) is 3. The number of allylic oxidation sites excluding steroid dienone is 3. The largest absolute Gasteiger partial charge is 0.494 e. The predicted octanol–water partition coefficient (Wildman–Crippen LogP) is 3.65. The van der Waals surface area contributed by atoms with Crippen molar-refractivity contribution in [1.82, 2.24) is 5.32 Å². The number of hydrogen-bond acceptors (Lipinski definition) is 7. The highest BCUT2D eigenvalue weighted by Crippen LogP contribution is 2.45. The average molecular weight is 442 g/mol. The topological polar surface area (TPSA) is 90.9 Å². The summed E-state index contributed by atoms with van der Waals surface area (Å²) in [7, 11) is 1.28. The fraction of sp³-hybridized carbons (Fsp3) is 0.480. The zero-order valence-electron chi connectivity index (χ0n) is 19.3. The Labute approximate surface area is 188 Å². The zero-order valence-corrected chi connectivity index (χ0v) is 19.3. The minimum Gasteiger partial charge on any atom is -0.494 e. The SMILES string of the molecule is CCCOC(=O)C1=C(C)NC2=C(C(=O)[C@H](C(=O)OC)[C@@H](C)C2)[C@@H]1c1ccc(OCC)cc1. The van der Waals surface area contributed by atoms with Gasteiger partial charge in [-0.1, -0.05) is 26.0 Å². The maximum absolute atomic E-state index is 13.6. The first-order valence-corrected chi connectivity index (χ1v) is 11.1. The van der Waals surface area contributed by atoms with Crippen molar-refractivity contribution in [2.75, 3.05) is 20.3 Å². The van der Waals surface area contributed by atoms with E-state index in [4.69, 9.17) is 14.2 Å². The van der Waals surface area contributed by atoms with E-state index in [2.05, 4.69) is 5.32 Å². The van der Waals surface area contributed by atoms with E-state index in [0.29, 0.717) is 42.0 Å². The number of nitrogens with one attached hydrogen (secondary N) is 1. The van der Waals surface area contributed by atoms with Gasteiger partial charge < -0.3 is 19.5 Å². The normalized spacial score (nSPS) is 22.8. The Morgan fingerprint density at radius 3 is 2.44 bits per heavy atom. The molecule has 0 saturated heterocycles. The molecule has 3 atom stereocenters. The number of esters is 2. The third-order valence-electron chi connectivity index (χ3n) is 5.92. The van der Waals surface area contributed by atoms with E-state index in [1.165, 1.54) is 7.11 Å². The number of benzene rings is 1. The molecule has 172 valence electrons. The van der Waals surface area contributed by atoms with Crippen molar-refractivity contribution in [3.05, 3.63) is 52.4 Å². The number of Topliss-reactive ketones (excluding diaryl/α,β-unsaturated/α-hetero) is 1. The third-order valence-corrected chi connectivity index (χ3v) is 5.92. The van der Waals surface area contributed by atoms with E-state index in [0.717, 1.165) is 11.3 Å². The fourth-order valence-corrected chi connectivity index (χ4v) is 4.48. The molecular weight excluding hydrogens is 410 g/mol. The molecule has 7 heteroatoms. The highest BCUT2D eigenvalue weighted by Gasteiger charge is 2.47. The van der Waals surface area contributed by atoms with Gasteiger partial charge in [0.2, 0.25) is 0 Å². The summed E-state index contributed by atoms with van der Waals surface area (Å²) in [5.74, 6) is -2.40. The van der Waals surface area contributed by atoms with Crippen LogP contribution in [0.15, 0.2) is 46.8 Å². The van der Waals surface area contributed by atoms with Gasteiger partial charge in [0, 0.05) is 22.9 Å². The Bertz CT molecular complexity index is 959. The first-order chi connectivity index (χ1) is 15.3. The maximum Gasteiger partial charge on any atom is 0.336 e. The monoisotopic (exact) mass is 441 g/mol. The van der Waals surface area contributed by atoms with Gasteiger partial charge in [-0.2, -0.15) is 0 Å². The van der Waals surface area contributed by atoms with Gasteiger partial charge >= 0.3 is 11.9 Å². The highest BCUT2D eigenvalue weighted by molar-refractivity contribution is 6.12. The number of carbonyl (C=O) groups excluding carboxylic acids is 3. The summed E-state index contributed by atoms with van der Waals surface area (Å²) in [4.78, 5) is 39.1. The number of rotatable bonds is 7. The average Bonchev–Trinajstić information content (AvgIpc) is 2.77. The Hall–Kier alpha value is -3.09. The summed E-state index contributed by atoms with van der Waals surface area (Å²) < 4.78 is 15.9. The van der Waals surface area contributed by atoms with Crippen molar-refractivity contribution >= 4 is 17.7 Å². The molecule has 0 amide bonds. The first-order valence-electron chi connectivity index (χ1n) is 11.1. The Morgan fingerprint density at radius 2 is 1.84 bits per heavy atom. The van der Waals surface area contributed by atoms with E-state index in [-0.39, 0.29) is 18.3 Å². The number of ketones is 1. The van der Waals surface area contributed by atoms with Gasteiger partial charge in [0.15, 0.2) is 5.78 Å². The quantitative estimate of drug-likeness (QED) is 0.510. The van der Waals surface area contributed by atoms with Crippen LogP contribution in [0, 0.1) is 11.8 Å². The molecule has 0 bridgehead atoms. The van der Waals surface area contributed by atoms with Gasteiger partial charge in [-0.25, -0.2) is 4.79 Å². The molecule has 3 rings (SSSR count). The minimum atomic E-state index is -0.905. The first kappa shape index (κ1) is 23.6. The van der Waals surface area contributed by atoms with Crippen molar-refractivity contribution in [3.8, 4) is 5.75 Å². The molecule has 1 N–H and O–H groups in total. The summed E-state index contributed by atoms with van der Waals surface area (Å²) >= 11 is 0. The molecule has 1 aliphatic heterocycles. The van der Waals surface area contributed by atoms with Crippen LogP contribution in [-0.2, 0) is 23.9 Å².